The number of aryl methyl sites for hydroxylation is 1. The SMILES string of the molecule is CCN(CC)Cc1cccc(CNC(=O)c2cc(N)ccc2C)c1. The molecule has 128 valence electrons. The van der Waals surface area contributed by atoms with Gasteiger partial charge >= 0.3 is 0 Å². The fourth-order valence-electron chi connectivity index (χ4n) is 2.71. The van der Waals surface area contributed by atoms with Crippen LogP contribution in [0.4, 0.5) is 5.69 Å². The van der Waals surface area contributed by atoms with Crippen molar-refractivity contribution in [1.82, 2.24) is 10.2 Å². The van der Waals surface area contributed by atoms with Gasteiger partial charge in [-0.05, 0) is 48.8 Å². The average Bonchev–Trinajstić information content (AvgIpc) is 2.60. The Morgan fingerprint density at radius 1 is 1.08 bits per heavy atom. The molecule has 2 rings (SSSR count). The Bertz CT molecular complexity index is 693. The van der Waals surface area contributed by atoms with E-state index in [4.69, 9.17) is 5.73 Å². The summed E-state index contributed by atoms with van der Waals surface area (Å²) in [7, 11) is 0. The van der Waals surface area contributed by atoms with Crippen molar-refractivity contribution in [2.24, 2.45) is 0 Å². The molecular weight excluding hydrogens is 298 g/mol. The molecule has 0 radical (unpaired) electrons. The molecule has 2 aromatic carbocycles. The minimum absolute atomic E-state index is 0.0889. The highest BCUT2D eigenvalue weighted by atomic mass is 16.1. The number of anilines is 1. The minimum atomic E-state index is -0.0889. The monoisotopic (exact) mass is 325 g/mol. The normalized spacial score (nSPS) is 10.8. The van der Waals surface area contributed by atoms with Crippen LogP contribution >= 0.6 is 0 Å². The zero-order valence-corrected chi connectivity index (χ0v) is 14.8. The van der Waals surface area contributed by atoms with E-state index in [1.165, 1.54) is 5.56 Å². The van der Waals surface area contributed by atoms with Crippen LogP contribution in [0.5, 0.6) is 0 Å². The average molecular weight is 325 g/mol. The number of benzene rings is 2. The maximum Gasteiger partial charge on any atom is 0.251 e. The number of nitrogens with zero attached hydrogens (tertiary/aromatic N) is 1. The van der Waals surface area contributed by atoms with E-state index in [1.807, 2.05) is 31.2 Å². The molecule has 0 aromatic heterocycles. The van der Waals surface area contributed by atoms with Gasteiger partial charge in [-0.25, -0.2) is 0 Å². The second-order valence-electron chi connectivity index (χ2n) is 6.04. The van der Waals surface area contributed by atoms with Crippen LogP contribution in [0.3, 0.4) is 0 Å². The van der Waals surface area contributed by atoms with Gasteiger partial charge in [-0.15, -0.1) is 0 Å². The molecular formula is C20H27N3O. The van der Waals surface area contributed by atoms with Crippen molar-refractivity contribution in [3.63, 3.8) is 0 Å². The first kappa shape index (κ1) is 18.0. The van der Waals surface area contributed by atoms with Crippen molar-refractivity contribution in [3.8, 4) is 0 Å². The number of hydrogen-bond donors (Lipinski definition) is 2. The Balaban J connectivity index is 2.01. The third-order valence-electron chi connectivity index (χ3n) is 4.25. The van der Waals surface area contributed by atoms with E-state index in [2.05, 4.69) is 36.2 Å². The van der Waals surface area contributed by atoms with Crippen molar-refractivity contribution < 1.29 is 4.79 Å². The molecule has 0 aliphatic heterocycles. The molecule has 3 N–H and O–H groups in total. The number of carbonyl (C=O) groups excluding carboxylic acids is 1. The quantitative estimate of drug-likeness (QED) is 0.768. The lowest BCUT2D eigenvalue weighted by Crippen LogP contribution is -2.24. The Hall–Kier alpha value is -2.33. The van der Waals surface area contributed by atoms with Gasteiger partial charge in [0, 0.05) is 24.3 Å². The number of hydrogen-bond acceptors (Lipinski definition) is 3. The van der Waals surface area contributed by atoms with E-state index in [0.717, 1.165) is 30.8 Å². The largest absolute Gasteiger partial charge is 0.399 e. The number of nitrogen functional groups attached to an aromatic ring is 1. The summed E-state index contributed by atoms with van der Waals surface area (Å²) in [5, 5.41) is 2.98. The third kappa shape index (κ3) is 4.83. The predicted molar refractivity (Wildman–Crippen MR) is 99.8 cm³/mol. The van der Waals surface area contributed by atoms with Crippen molar-refractivity contribution in [2.45, 2.75) is 33.9 Å². The van der Waals surface area contributed by atoms with Gasteiger partial charge in [-0.1, -0.05) is 44.2 Å². The molecule has 2 aromatic rings. The molecule has 0 spiro atoms. The van der Waals surface area contributed by atoms with Crippen LogP contribution in [0.15, 0.2) is 42.5 Å². The van der Waals surface area contributed by atoms with Gasteiger partial charge < -0.3 is 11.1 Å². The van der Waals surface area contributed by atoms with Gasteiger partial charge in [0.05, 0.1) is 0 Å². The summed E-state index contributed by atoms with van der Waals surface area (Å²) in [5.41, 5.74) is 10.3. The van der Waals surface area contributed by atoms with Gasteiger partial charge in [-0.3, -0.25) is 9.69 Å². The summed E-state index contributed by atoms with van der Waals surface area (Å²) in [6.45, 7) is 9.77. The fraction of sp³-hybridized carbons (Fsp3) is 0.350. The molecule has 1 amide bonds. The fourth-order valence-corrected chi connectivity index (χ4v) is 2.71. The standard InChI is InChI=1S/C20H27N3O/c1-4-23(5-2)14-17-8-6-7-16(11-17)13-22-20(24)19-12-18(21)10-9-15(19)3/h6-12H,4-5,13-14,21H2,1-3H3,(H,22,24). The predicted octanol–water partition coefficient (Wildman–Crippen LogP) is 3.35. The van der Waals surface area contributed by atoms with Crippen LogP contribution in [0.1, 0.15) is 40.9 Å². The molecule has 0 heterocycles. The first-order chi connectivity index (χ1) is 11.5. The molecule has 0 saturated carbocycles. The number of carbonyl (C=O) groups is 1. The number of nitrogens with two attached hydrogens (primary N) is 1. The Kier molecular flexibility index (Phi) is 6.38. The first-order valence-electron chi connectivity index (χ1n) is 8.48. The van der Waals surface area contributed by atoms with Gasteiger partial charge in [0.1, 0.15) is 0 Å². The number of rotatable bonds is 7. The molecule has 24 heavy (non-hydrogen) atoms. The highest BCUT2D eigenvalue weighted by molar-refractivity contribution is 5.96. The maximum atomic E-state index is 12.4. The first-order valence-corrected chi connectivity index (χ1v) is 8.48. The van der Waals surface area contributed by atoms with Crippen LogP contribution < -0.4 is 11.1 Å². The van der Waals surface area contributed by atoms with Crippen LogP contribution in [0, 0.1) is 6.92 Å². The Morgan fingerprint density at radius 3 is 2.50 bits per heavy atom. The molecule has 0 fully saturated rings. The third-order valence-corrected chi connectivity index (χ3v) is 4.25. The Labute approximate surface area is 144 Å². The van der Waals surface area contributed by atoms with Gasteiger partial charge in [0.15, 0.2) is 0 Å². The van der Waals surface area contributed by atoms with Crippen LogP contribution in [-0.4, -0.2) is 23.9 Å². The Morgan fingerprint density at radius 2 is 1.79 bits per heavy atom. The number of nitrogens with one attached hydrogen (secondary N) is 1. The molecule has 0 aliphatic carbocycles. The van der Waals surface area contributed by atoms with E-state index >= 15 is 0 Å². The van der Waals surface area contributed by atoms with Crippen LogP contribution in [0.25, 0.3) is 0 Å². The minimum Gasteiger partial charge on any atom is -0.399 e. The second kappa shape index (κ2) is 8.50. The van der Waals surface area contributed by atoms with Crippen LogP contribution in [0.2, 0.25) is 0 Å². The molecule has 0 aliphatic rings. The smallest absolute Gasteiger partial charge is 0.251 e. The van der Waals surface area contributed by atoms with E-state index in [1.54, 1.807) is 6.07 Å². The summed E-state index contributed by atoms with van der Waals surface area (Å²) < 4.78 is 0. The summed E-state index contributed by atoms with van der Waals surface area (Å²) in [6, 6.07) is 13.8. The van der Waals surface area contributed by atoms with Crippen molar-refractivity contribution in [3.05, 3.63) is 64.7 Å². The summed E-state index contributed by atoms with van der Waals surface area (Å²) in [6.07, 6.45) is 0. The highest BCUT2D eigenvalue weighted by Crippen LogP contribution is 2.13. The molecule has 4 nitrogen and oxygen atoms in total. The topological polar surface area (TPSA) is 58.4 Å². The lowest BCUT2D eigenvalue weighted by Gasteiger charge is -2.18. The van der Waals surface area contributed by atoms with Gasteiger partial charge in [0.25, 0.3) is 5.91 Å². The van der Waals surface area contributed by atoms with E-state index in [9.17, 15) is 4.79 Å². The van der Waals surface area contributed by atoms with Crippen LogP contribution in [-0.2, 0) is 13.1 Å². The van der Waals surface area contributed by atoms with E-state index in [0.29, 0.717) is 17.8 Å². The van der Waals surface area contributed by atoms with Gasteiger partial charge in [-0.2, -0.15) is 0 Å². The zero-order chi connectivity index (χ0) is 17.5. The highest BCUT2D eigenvalue weighted by Gasteiger charge is 2.09. The van der Waals surface area contributed by atoms with Crippen molar-refractivity contribution in [1.29, 1.82) is 0 Å². The zero-order valence-electron chi connectivity index (χ0n) is 14.8. The maximum absolute atomic E-state index is 12.4. The molecule has 0 atom stereocenters. The van der Waals surface area contributed by atoms with E-state index < -0.39 is 0 Å². The van der Waals surface area contributed by atoms with Crippen molar-refractivity contribution >= 4 is 11.6 Å². The summed E-state index contributed by atoms with van der Waals surface area (Å²) in [5.74, 6) is -0.0889. The molecule has 0 saturated heterocycles. The molecule has 0 bridgehead atoms. The molecule has 0 unspecified atom stereocenters. The molecule has 4 heteroatoms. The summed E-state index contributed by atoms with van der Waals surface area (Å²) in [4.78, 5) is 14.7. The second-order valence-corrected chi connectivity index (χ2v) is 6.04. The number of amides is 1. The van der Waals surface area contributed by atoms with E-state index in [-0.39, 0.29) is 5.91 Å². The summed E-state index contributed by atoms with van der Waals surface area (Å²) >= 11 is 0. The van der Waals surface area contributed by atoms with Gasteiger partial charge in [0.2, 0.25) is 0 Å². The lowest BCUT2D eigenvalue weighted by molar-refractivity contribution is 0.0950. The van der Waals surface area contributed by atoms with Crippen molar-refractivity contribution in [2.75, 3.05) is 18.8 Å². The lowest BCUT2D eigenvalue weighted by atomic mass is 10.1.